The van der Waals surface area contributed by atoms with Gasteiger partial charge in [-0.1, -0.05) is 18.5 Å². The van der Waals surface area contributed by atoms with Crippen LogP contribution in [0.1, 0.15) is 25.8 Å². The molecule has 0 saturated heterocycles. The average Bonchev–Trinajstić information content (AvgIpc) is 2.30. The van der Waals surface area contributed by atoms with Crippen LogP contribution in [0.25, 0.3) is 0 Å². The molecule has 17 heavy (non-hydrogen) atoms. The molecule has 96 valence electrons. The molecule has 2 atom stereocenters. The molecule has 1 rings (SSSR count). The lowest BCUT2D eigenvalue weighted by atomic mass is 10.0. The van der Waals surface area contributed by atoms with Crippen LogP contribution < -0.4 is 5.73 Å². The molecule has 0 radical (unpaired) electrons. The van der Waals surface area contributed by atoms with E-state index >= 15 is 0 Å². The van der Waals surface area contributed by atoms with E-state index in [1.54, 1.807) is 6.07 Å². The molecular weight excluding hydrogens is 241 g/mol. The van der Waals surface area contributed by atoms with Crippen molar-refractivity contribution in [2.24, 2.45) is 5.73 Å². The van der Waals surface area contributed by atoms with Crippen LogP contribution in [0.5, 0.6) is 0 Å². The van der Waals surface area contributed by atoms with Gasteiger partial charge in [0.1, 0.15) is 5.82 Å². The van der Waals surface area contributed by atoms with Crippen LogP contribution >= 0.6 is 11.6 Å². The first-order chi connectivity index (χ1) is 8.08. The van der Waals surface area contributed by atoms with Gasteiger partial charge in [-0.05, 0) is 43.5 Å². The Kier molecular flexibility index (Phi) is 5.89. The minimum Gasteiger partial charge on any atom is -0.377 e. The molecule has 0 fully saturated rings. The average molecular weight is 260 g/mol. The topological polar surface area (TPSA) is 35.2 Å². The van der Waals surface area contributed by atoms with E-state index in [1.807, 2.05) is 13.8 Å². The molecule has 0 heterocycles. The maximum absolute atomic E-state index is 13.1. The summed E-state index contributed by atoms with van der Waals surface area (Å²) in [4.78, 5) is 0. The molecule has 2 nitrogen and oxygen atoms in total. The molecule has 0 aliphatic carbocycles. The zero-order valence-electron chi connectivity index (χ0n) is 10.2. The van der Waals surface area contributed by atoms with Crippen molar-refractivity contribution in [3.63, 3.8) is 0 Å². The summed E-state index contributed by atoms with van der Waals surface area (Å²) in [6.45, 7) is 4.58. The minimum atomic E-state index is -0.291. The predicted octanol–water partition coefficient (Wildman–Crippen LogP) is 3.16. The van der Waals surface area contributed by atoms with Gasteiger partial charge in [0.25, 0.3) is 0 Å². The molecule has 0 amide bonds. The molecule has 0 bridgehead atoms. The van der Waals surface area contributed by atoms with E-state index in [2.05, 4.69) is 0 Å². The summed E-state index contributed by atoms with van der Waals surface area (Å²) in [7, 11) is 0. The molecule has 0 aromatic heterocycles. The summed E-state index contributed by atoms with van der Waals surface area (Å²) < 4.78 is 18.6. The van der Waals surface area contributed by atoms with Crippen molar-refractivity contribution in [2.45, 2.75) is 38.8 Å². The van der Waals surface area contributed by atoms with E-state index in [-0.39, 0.29) is 18.0 Å². The van der Waals surface area contributed by atoms with Crippen molar-refractivity contribution in [2.75, 3.05) is 6.61 Å². The predicted molar refractivity (Wildman–Crippen MR) is 68.8 cm³/mol. The second-order valence-corrected chi connectivity index (χ2v) is 4.41. The fourth-order valence-corrected chi connectivity index (χ4v) is 2.04. The van der Waals surface area contributed by atoms with Crippen molar-refractivity contribution in [1.82, 2.24) is 0 Å². The summed E-state index contributed by atoms with van der Waals surface area (Å²) in [5, 5.41) is 0.549. The third-order valence-corrected chi connectivity index (χ3v) is 3.09. The molecule has 1 aromatic carbocycles. The van der Waals surface area contributed by atoms with E-state index < -0.39 is 0 Å². The Morgan fingerprint density at radius 2 is 2.12 bits per heavy atom. The molecule has 0 spiro atoms. The first-order valence-corrected chi connectivity index (χ1v) is 6.27. The SMILES string of the molecule is CCOC(CC)C(N)Cc1cc(F)ccc1Cl. The molecule has 4 heteroatoms. The molecule has 0 aliphatic rings. The highest BCUT2D eigenvalue weighted by Crippen LogP contribution is 2.20. The van der Waals surface area contributed by atoms with Crippen molar-refractivity contribution < 1.29 is 9.13 Å². The number of halogens is 2. The van der Waals surface area contributed by atoms with Gasteiger partial charge in [-0.15, -0.1) is 0 Å². The van der Waals surface area contributed by atoms with Gasteiger partial charge in [0, 0.05) is 17.7 Å². The van der Waals surface area contributed by atoms with Crippen molar-refractivity contribution in [3.05, 3.63) is 34.6 Å². The lowest BCUT2D eigenvalue weighted by Crippen LogP contribution is -2.38. The zero-order chi connectivity index (χ0) is 12.8. The molecule has 1 aromatic rings. The third-order valence-electron chi connectivity index (χ3n) is 2.72. The van der Waals surface area contributed by atoms with E-state index in [4.69, 9.17) is 22.1 Å². The summed E-state index contributed by atoms with van der Waals surface area (Å²) in [5.41, 5.74) is 6.79. The Labute approximate surface area is 107 Å². The summed E-state index contributed by atoms with van der Waals surface area (Å²) in [6.07, 6.45) is 1.34. The van der Waals surface area contributed by atoms with Gasteiger partial charge in [-0.2, -0.15) is 0 Å². The van der Waals surface area contributed by atoms with Crippen molar-refractivity contribution >= 4 is 11.6 Å². The monoisotopic (exact) mass is 259 g/mol. The quantitative estimate of drug-likeness (QED) is 0.852. The molecule has 2 N–H and O–H groups in total. The van der Waals surface area contributed by atoms with Crippen molar-refractivity contribution in [3.8, 4) is 0 Å². The number of ether oxygens (including phenoxy) is 1. The third kappa shape index (κ3) is 4.26. The Morgan fingerprint density at radius 1 is 1.41 bits per heavy atom. The normalized spacial score (nSPS) is 14.6. The van der Waals surface area contributed by atoms with Crippen LogP contribution in [0, 0.1) is 5.82 Å². The highest BCUT2D eigenvalue weighted by Gasteiger charge is 2.17. The van der Waals surface area contributed by atoms with Gasteiger partial charge in [0.2, 0.25) is 0 Å². The van der Waals surface area contributed by atoms with Gasteiger partial charge >= 0.3 is 0 Å². The number of rotatable bonds is 6. The van der Waals surface area contributed by atoms with Gasteiger partial charge in [0.05, 0.1) is 6.10 Å². The Morgan fingerprint density at radius 3 is 2.71 bits per heavy atom. The van der Waals surface area contributed by atoms with E-state index in [0.29, 0.717) is 18.1 Å². The van der Waals surface area contributed by atoms with Gasteiger partial charge < -0.3 is 10.5 Å². The van der Waals surface area contributed by atoms with Crippen LogP contribution in [0.15, 0.2) is 18.2 Å². The smallest absolute Gasteiger partial charge is 0.123 e. The van der Waals surface area contributed by atoms with Gasteiger partial charge in [0.15, 0.2) is 0 Å². The van der Waals surface area contributed by atoms with Gasteiger partial charge in [-0.3, -0.25) is 0 Å². The van der Waals surface area contributed by atoms with Crippen LogP contribution in [0.2, 0.25) is 5.02 Å². The summed E-state index contributed by atoms with van der Waals surface area (Å²) >= 11 is 6.00. The fraction of sp³-hybridized carbons (Fsp3) is 0.538. The zero-order valence-corrected chi connectivity index (χ0v) is 11.0. The number of hydrogen-bond acceptors (Lipinski definition) is 2. The van der Waals surface area contributed by atoms with Crippen LogP contribution in [0.4, 0.5) is 4.39 Å². The van der Waals surface area contributed by atoms with Gasteiger partial charge in [-0.25, -0.2) is 4.39 Å². The van der Waals surface area contributed by atoms with Crippen molar-refractivity contribution in [1.29, 1.82) is 0 Å². The second kappa shape index (κ2) is 6.94. The number of hydrogen-bond donors (Lipinski definition) is 1. The highest BCUT2D eigenvalue weighted by atomic mass is 35.5. The molecule has 0 saturated carbocycles. The molecule has 0 aliphatic heterocycles. The minimum absolute atomic E-state index is 0.0145. The Hall–Kier alpha value is -0.640. The largest absolute Gasteiger partial charge is 0.377 e. The van der Waals surface area contributed by atoms with Crippen LogP contribution in [0.3, 0.4) is 0 Å². The first-order valence-electron chi connectivity index (χ1n) is 5.89. The van der Waals surface area contributed by atoms with E-state index in [1.165, 1.54) is 12.1 Å². The fourth-order valence-electron chi connectivity index (χ4n) is 1.84. The maximum atomic E-state index is 13.1. The second-order valence-electron chi connectivity index (χ2n) is 4.01. The first kappa shape index (κ1) is 14.4. The van der Waals surface area contributed by atoms with Crippen LogP contribution in [-0.2, 0) is 11.2 Å². The standard InChI is InChI=1S/C13H19ClFNO/c1-3-13(17-4-2)12(16)8-9-7-10(15)5-6-11(9)14/h5-7,12-13H,3-4,8,16H2,1-2H3. The van der Waals surface area contributed by atoms with E-state index in [0.717, 1.165) is 12.0 Å². The molecular formula is C13H19ClFNO. The number of nitrogens with two attached hydrogens (primary N) is 1. The lowest BCUT2D eigenvalue weighted by molar-refractivity contribution is 0.0417. The number of benzene rings is 1. The Balaban J connectivity index is 2.72. The molecule has 2 unspecified atom stereocenters. The summed E-state index contributed by atoms with van der Waals surface area (Å²) in [6, 6.07) is 4.16. The Bertz CT molecular complexity index is 359. The van der Waals surface area contributed by atoms with E-state index in [9.17, 15) is 4.39 Å². The summed E-state index contributed by atoms with van der Waals surface area (Å²) in [5.74, 6) is -0.291. The maximum Gasteiger partial charge on any atom is 0.123 e. The lowest BCUT2D eigenvalue weighted by Gasteiger charge is -2.23. The highest BCUT2D eigenvalue weighted by molar-refractivity contribution is 6.31. The van der Waals surface area contributed by atoms with Crippen LogP contribution in [-0.4, -0.2) is 18.8 Å².